The summed E-state index contributed by atoms with van der Waals surface area (Å²) in [4.78, 5) is 12.1. The maximum absolute atomic E-state index is 12.1. The number of rotatable bonds is 3. The van der Waals surface area contributed by atoms with E-state index in [-0.39, 0.29) is 11.8 Å². The molecule has 1 fully saturated rings. The Kier molecular flexibility index (Phi) is 3.87. The van der Waals surface area contributed by atoms with Crippen LogP contribution in [0, 0.1) is 18.8 Å². The first kappa shape index (κ1) is 12.9. The van der Waals surface area contributed by atoms with Gasteiger partial charge in [-0.05, 0) is 43.1 Å². The van der Waals surface area contributed by atoms with Crippen LogP contribution in [0.5, 0.6) is 5.75 Å². The third-order valence-corrected chi connectivity index (χ3v) is 3.52. The summed E-state index contributed by atoms with van der Waals surface area (Å²) in [6.07, 6.45) is 0. The molecule has 0 spiro atoms. The second-order valence-electron chi connectivity index (χ2n) is 4.92. The minimum Gasteiger partial charge on any atom is -0.496 e. The van der Waals surface area contributed by atoms with Crippen molar-refractivity contribution in [3.05, 3.63) is 23.8 Å². The highest BCUT2D eigenvalue weighted by Crippen LogP contribution is 2.23. The lowest BCUT2D eigenvalue weighted by atomic mass is 9.97. The number of nitrogens with one attached hydrogen (secondary N) is 2. The van der Waals surface area contributed by atoms with Crippen LogP contribution >= 0.6 is 0 Å². The number of carbonyl (C=O) groups is 1. The minimum atomic E-state index is 0.0624. The molecule has 1 amide bonds. The van der Waals surface area contributed by atoms with Crippen molar-refractivity contribution in [3.8, 4) is 5.75 Å². The van der Waals surface area contributed by atoms with Gasteiger partial charge in [0.25, 0.3) is 0 Å². The van der Waals surface area contributed by atoms with Crippen molar-refractivity contribution in [1.29, 1.82) is 0 Å². The van der Waals surface area contributed by atoms with Gasteiger partial charge in [0.05, 0.1) is 13.0 Å². The van der Waals surface area contributed by atoms with Crippen molar-refractivity contribution in [2.24, 2.45) is 11.8 Å². The summed E-state index contributed by atoms with van der Waals surface area (Å²) < 4.78 is 5.20. The molecule has 1 aromatic rings. The van der Waals surface area contributed by atoms with Gasteiger partial charge >= 0.3 is 0 Å². The number of anilines is 1. The molecule has 2 rings (SSSR count). The van der Waals surface area contributed by atoms with Crippen molar-refractivity contribution in [1.82, 2.24) is 5.32 Å². The summed E-state index contributed by atoms with van der Waals surface area (Å²) in [6, 6.07) is 5.68. The molecule has 1 aliphatic rings. The van der Waals surface area contributed by atoms with E-state index in [1.807, 2.05) is 25.1 Å². The van der Waals surface area contributed by atoms with E-state index >= 15 is 0 Å². The van der Waals surface area contributed by atoms with Gasteiger partial charge in [-0.3, -0.25) is 4.79 Å². The van der Waals surface area contributed by atoms with E-state index in [9.17, 15) is 4.79 Å². The summed E-state index contributed by atoms with van der Waals surface area (Å²) >= 11 is 0. The largest absolute Gasteiger partial charge is 0.496 e. The van der Waals surface area contributed by atoms with Crippen LogP contribution < -0.4 is 15.4 Å². The molecule has 4 heteroatoms. The molecule has 0 saturated carbocycles. The zero-order valence-corrected chi connectivity index (χ0v) is 11.1. The van der Waals surface area contributed by atoms with Crippen molar-refractivity contribution in [2.45, 2.75) is 13.8 Å². The Hall–Kier alpha value is -1.55. The fraction of sp³-hybridized carbons (Fsp3) is 0.500. The van der Waals surface area contributed by atoms with Crippen LogP contribution in [0.2, 0.25) is 0 Å². The van der Waals surface area contributed by atoms with E-state index in [1.165, 1.54) is 0 Å². The number of amides is 1. The van der Waals surface area contributed by atoms with Gasteiger partial charge in [0.1, 0.15) is 5.75 Å². The van der Waals surface area contributed by atoms with Crippen molar-refractivity contribution in [2.75, 3.05) is 25.5 Å². The lowest BCUT2D eigenvalue weighted by Gasteiger charge is -2.15. The van der Waals surface area contributed by atoms with Crippen molar-refractivity contribution in [3.63, 3.8) is 0 Å². The fourth-order valence-corrected chi connectivity index (χ4v) is 2.35. The Labute approximate surface area is 108 Å². The predicted molar refractivity (Wildman–Crippen MR) is 71.9 cm³/mol. The van der Waals surface area contributed by atoms with Crippen molar-refractivity contribution >= 4 is 11.6 Å². The summed E-state index contributed by atoms with van der Waals surface area (Å²) in [5, 5.41) is 6.21. The summed E-state index contributed by atoms with van der Waals surface area (Å²) in [7, 11) is 1.65. The zero-order chi connectivity index (χ0) is 13.1. The standard InChI is InChI=1S/C14H20N2O2/c1-9-6-11(4-5-13(9)18-3)16-14(17)12-8-15-7-10(12)2/h4-6,10,12,15H,7-8H2,1-3H3,(H,16,17). The number of methoxy groups -OCH3 is 1. The fourth-order valence-electron chi connectivity index (χ4n) is 2.35. The van der Waals surface area contributed by atoms with Crippen LogP contribution in [0.25, 0.3) is 0 Å². The number of hydrogen-bond acceptors (Lipinski definition) is 3. The number of benzene rings is 1. The van der Waals surface area contributed by atoms with Gasteiger partial charge in [-0.15, -0.1) is 0 Å². The van der Waals surface area contributed by atoms with Gasteiger partial charge in [0.2, 0.25) is 5.91 Å². The molecule has 0 radical (unpaired) electrons. The van der Waals surface area contributed by atoms with Gasteiger partial charge in [-0.25, -0.2) is 0 Å². The molecule has 1 saturated heterocycles. The van der Waals surface area contributed by atoms with Gasteiger partial charge in [-0.2, -0.15) is 0 Å². The van der Waals surface area contributed by atoms with E-state index in [1.54, 1.807) is 7.11 Å². The normalized spacial score (nSPS) is 22.8. The number of ether oxygens (including phenoxy) is 1. The third kappa shape index (κ3) is 2.64. The van der Waals surface area contributed by atoms with Gasteiger partial charge < -0.3 is 15.4 Å². The molecule has 2 unspecified atom stereocenters. The molecule has 1 heterocycles. The van der Waals surface area contributed by atoms with E-state index in [4.69, 9.17) is 4.74 Å². The smallest absolute Gasteiger partial charge is 0.229 e. The molecule has 98 valence electrons. The second kappa shape index (κ2) is 5.40. The lowest BCUT2D eigenvalue weighted by Crippen LogP contribution is -2.27. The van der Waals surface area contributed by atoms with E-state index in [0.29, 0.717) is 5.92 Å². The van der Waals surface area contributed by atoms with Crippen LogP contribution in [-0.4, -0.2) is 26.1 Å². The second-order valence-corrected chi connectivity index (χ2v) is 4.92. The SMILES string of the molecule is COc1ccc(NC(=O)C2CNCC2C)cc1C. The van der Waals surface area contributed by atoms with Crippen LogP contribution in [0.1, 0.15) is 12.5 Å². The molecule has 0 aliphatic carbocycles. The molecule has 1 aliphatic heterocycles. The molecule has 2 N–H and O–H groups in total. The maximum Gasteiger partial charge on any atom is 0.229 e. The Morgan fingerprint density at radius 2 is 2.22 bits per heavy atom. The summed E-state index contributed by atoms with van der Waals surface area (Å²) in [5.74, 6) is 1.39. The molecule has 18 heavy (non-hydrogen) atoms. The van der Waals surface area contributed by atoms with Crippen LogP contribution in [0.3, 0.4) is 0 Å². The summed E-state index contributed by atoms with van der Waals surface area (Å²) in [6.45, 7) is 5.75. The molecule has 4 nitrogen and oxygen atoms in total. The third-order valence-electron chi connectivity index (χ3n) is 3.52. The topological polar surface area (TPSA) is 50.4 Å². The number of carbonyl (C=O) groups excluding carboxylic acids is 1. The van der Waals surface area contributed by atoms with Crippen LogP contribution in [-0.2, 0) is 4.79 Å². The van der Waals surface area contributed by atoms with E-state index in [2.05, 4.69) is 17.6 Å². The Morgan fingerprint density at radius 3 is 2.78 bits per heavy atom. The predicted octanol–water partition coefficient (Wildman–Crippen LogP) is 1.80. The number of hydrogen-bond donors (Lipinski definition) is 2. The number of aryl methyl sites for hydroxylation is 1. The molecule has 0 bridgehead atoms. The van der Waals surface area contributed by atoms with Gasteiger partial charge in [0.15, 0.2) is 0 Å². The Balaban J connectivity index is 2.05. The molecule has 1 aromatic carbocycles. The zero-order valence-electron chi connectivity index (χ0n) is 11.1. The monoisotopic (exact) mass is 248 g/mol. The van der Waals surface area contributed by atoms with E-state index < -0.39 is 0 Å². The van der Waals surface area contributed by atoms with Crippen molar-refractivity contribution < 1.29 is 9.53 Å². The Bertz CT molecular complexity index is 445. The average Bonchev–Trinajstić information content (AvgIpc) is 2.76. The first-order valence-electron chi connectivity index (χ1n) is 6.28. The molecule has 2 atom stereocenters. The first-order chi connectivity index (χ1) is 8.61. The highest BCUT2D eigenvalue weighted by Gasteiger charge is 2.29. The minimum absolute atomic E-state index is 0.0624. The molecule has 0 aromatic heterocycles. The average molecular weight is 248 g/mol. The Morgan fingerprint density at radius 1 is 1.44 bits per heavy atom. The first-order valence-corrected chi connectivity index (χ1v) is 6.28. The van der Waals surface area contributed by atoms with E-state index in [0.717, 1.165) is 30.1 Å². The lowest BCUT2D eigenvalue weighted by molar-refractivity contribution is -0.120. The van der Waals surface area contributed by atoms with Gasteiger partial charge in [-0.1, -0.05) is 6.92 Å². The molecular formula is C14H20N2O2. The van der Waals surface area contributed by atoms with Crippen LogP contribution in [0.15, 0.2) is 18.2 Å². The van der Waals surface area contributed by atoms with Gasteiger partial charge in [0, 0.05) is 12.2 Å². The highest BCUT2D eigenvalue weighted by atomic mass is 16.5. The summed E-state index contributed by atoms with van der Waals surface area (Å²) in [5.41, 5.74) is 1.85. The quantitative estimate of drug-likeness (QED) is 0.857. The highest BCUT2D eigenvalue weighted by molar-refractivity contribution is 5.93. The molecular weight excluding hydrogens is 228 g/mol. The maximum atomic E-state index is 12.1. The van der Waals surface area contributed by atoms with Crippen LogP contribution in [0.4, 0.5) is 5.69 Å².